The molecule has 1 heterocycles. The first-order valence-electron chi connectivity index (χ1n) is 13.9. The normalized spacial score (nSPS) is 20.4. The summed E-state index contributed by atoms with van der Waals surface area (Å²) in [5.41, 5.74) is 4.70. The second-order valence-corrected chi connectivity index (χ2v) is 13.6. The molecule has 0 radical (unpaired) electrons. The fourth-order valence-electron chi connectivity index (χ4n) is 6.42. The summed E-state index contributed by atoms with van der Waals surface area (Å²) in [5, 5.41) is 0.972. The number of ether oxygens (including phenoxy) is 2. The van der Waals surface area contributed by atoms with E-state index in [4.69, 9.17) is 32.7 Å². The fraction of sp³-hybridized carbons (Fsp3) is 0.455. The van der Waals surface area contributed by atoms with E-state index < -0.39 is 5.92 Å². The van der Waals surface area contributed by atoms with E-state index in [1.165, 1.54) is 0 Å². The number of nitrogens with zero attached hydrogens (tertiary/aromatic N) is 1. The van der Waals surface area contributed by atoms with Crippen molar-refractivity contribution >= 4 is 34.8 Å². The predicted octanol–water partition coefficient (Wildman–Crippen LogP) is 8.29. The third-order valence-corrected chi connectivity index (χ3v) is 8.82. The minimum Gasteiger partial charge on any atom is -0.490 e. The Kier molecular flexibility index (Phi) is 7.60. The van der Waals surface area contributed by atoms with Gasteiger partial charge in [-0.05, 0) is 54.4 Å². The van der Waals surface area contributed by atoms with E-state index in [1.807, 2.05) is 50.4 Å². The average molecular weight is 583 g/mol. The molecule has 2 aromatic carbocycles. The Bertz CT molecular complexity index is 1400. The van der Waals surface area contributed by atoms with E-state index >= 15 is 0 Å². The number of halogens is 2. The number of benzene rings is 2. The third kappa shape index (κ3) is 5.31. The lowest BCUT2D eigenvalue weighted by Gasteiger charge is -2.48. The van der Waals surface area contributed by atoms with Crippen LogP contribution in [0.4, 0.5) is 0 Å². The highest BCUT2D eigenvalue weighted by Gasteiger charge is 2.48. The molecule has 0 aromatic heterocycles. The van der Waals surface area contributed by atoms with E-state index in [0.29, 0.717) is 52.1 Å². The lowest BCUT2D eigenvalue weighted by molar-refractivity contribution is -0.119. The molecule has 0 N–H and O–H groups in total. The van der Waals surface area contributed by atoms with Crippen LogP contribution >= 0.6 is 23.2 Å². The van der Waals surface area contributed by atoms with Crippen LogP contribution in [0.3, 0.4) is 0 Å². The van der Waals surface area contributed by atoms with Gasteiger partial charge in [-0.25, -0.2) is 0 Å². The first-order valence-corrected chi connectivity index (χ1v) is 14.7. The molecule has 0 saturated heterocycles. The van der Waals surface area contributed by atoms with Gasteiger partial charge in [-0.15, -0.1) is 0 Å². The van der Waals surface area contributed by atoms with E-state index in [-0.39, 0.29) is 29.0 Å². The van der Waals surface area contributed by atoms with Crippen LogP contribution < -0.4 is 9.47 Å². The standard InChI is InChI=1S/C33H37Cl2NO4/c1-7-39-27-13-20(12-22(35)31(27)40-18-19-10-8-9-11-21(19)34)28-29-23(14-32(2,3)16-25(29)37)36(6)24-15-33(4,5)17-26(38)30(24)28/h8-13,28H,7,14-18H2,1-6H3. The maximum atomic E-state index is 13.8. The van der Waals surface area contributed by atoms with E-state index in [0.717, 1.165) is 35.4 Å². The minimum absolute atomic E-state index is 0.0837. The highest BCUT2D eigenvalue weighted by Crippen LogP contribution is 2.55. The molecule has 0 atom stereocenters. The van der Waals surface area contributed by atoms with Gasteiger partial charge < -0.3 is 14.4 Å². The van der Waals surface area contributed by atoms with Crippen LogP contribution in [0, 0.1) is 10.8 Å². The maximum Gasteiger partial charge on any atom is 0.180 e. The summed E-state index contributed by atoms with van der Waals surface area (Å²) < 4.78 is 12.2. The topological polar surface area (TPSA) is 55.8 Å². The molecule has 0 saturated carbocycles. The van der Waals surface area contributed by atoms with Gasteiger partial charge in [0.15, 0.2) is 23.1 Å². The fourth-order valence-corrected chi connectivity index (χ4v) is 6.88. The van der Waals surface area contributed by atoms with Gasteiger partial charge in [0.2, 0.25) is 0 Å². The first kappa shape index (κ1) is 28.8. The summed E-state index contributed by atoms with van der Waals surface area (Å²) in [4.78, 5) is 29.8. The number of rotatable bonds is 6. The number of hydrogen-bond donors (Lipinski definition) is 0. The Hall–Kier alpha value is -2.76. The van der Waals surface area contributed by atoms with Crippen molar-refractivity contribution in [3.05, 3.63) is 80.1 Å². The van der Waals surface area contributed by atoms with Crippen LogP contribution in [0.2, 0.25) is 10.0 Å². The van der Waals surface area contributed by atoms with Crippen molar-refractivity contribution in [3.8, 4) is 11.5 Å². The number of ketones is 2. The zero-order valence-electron chi connectivity index (χ0n) is 24.1. The van der Waals surface area contributed by atoms with Crippen molar-refractivity contribution in [2.75, 3.05) is 13.7 Å². The number of carbonyl (C=O) groups is 2. The summed E-state index contributed by atoms with van der Waals surface area (Å²) >= 11 is 13.2. The molecule has 212 valence electrons. The molecule has 0 bridgehead atoms. The van der Waals surface area contributed by atoms with Gasteiger partial charge in [0.1, 0.15) is 6.61 Å². The molecule has 3 aliphatic rings. The van der Waals surface area contributed by atoms with Gasteiger partial charge in [0.05, 0.1) is 11.6 Å². The SMILES string of the molecule is CCOc1cc(C2C3=C(CC(C)(C)CC3=O)N(C)C3=C2C(=O)CC(C)(C)C3)cc(Cl)c1OCc1ccccc1Cl. The summed E-state index contributed by atoms with van der Waals surface area (Å²) in [6.07, 6.45) is 2.39. The quantitative estimate of drug-likeness (QED) is 0.343. The molecule has 1 aliphatic heterocycles. The monoisotopic (exact) mass is 581 g/mol. The summed E-state index contributed by atoms with van der Waals surface area (Å²) in [6.45, 7) is 11.0. The van der Waals surface area contributed by atoms with Crippen molar-refractivity contribution < 1.29 is 19.1 Å². The number of Topliss-reactive ketones (excluding diaryl/α,β-unsaturated/α-hetero) is 2. The minimum atomic E-state index is -0.497. The van der Waals surface area contributed by atoms with Gasteiger partial charge >= 0.3 is 0 Å². The Labute approximate surface area is 247 Å². The Morgan fingerprint density at radius 3 is 1.98 bits per heavy atom. The Morgan fingerprint density at radius 1 is 0.850 bits per heavy atom. The van der Waals surface area contributed by atoms with Gasteiger partial charge in [-0.2, -0.15) is 0 Å². The Balaban J connectivity index is 1.65. The Morgan fingerprint density at radius 2 is 1.43 bits per heavy atom. The smallest absolute Gasteiger partial charge is 0.180 e. The highest BCUT2D eigenvalue weighted by molar-refractivity contribution is 6.32. The second kappa shape index (κ2) is 10.6. The van der Waals surface area contributed by atoms with Crippen molar-refractivity contribution in [2.24, 2.45) is 10.8 Å². The van der Waals surface area contributed by atoms with E-state index in [1.54, 1.807) is 0 Å². The molecule has 7 heteroatoms. The van der Waals surface area contributed by atoms with Crippen molar-refractivity contribution in [1.29, 1.82) is 0 Å². The number of hydrogen-bond acceptors (Lipinski definition) is 5. The van der Waals surface area contributed by atoms with Gasteiger partial charge in [-0.1, -0.05) is 69.1 Å². The van der Waals surface area contributed by atoms with Crippen LogP contribution in [0.25, 0.3) is 0 Å². The zero-order valence-corrected chi connectivity index (χ0v) is 25.6. The van der Waals surface area contributed by atoms with Gasteiger partial charge in [0, 0.05) is 58.9 Å². The molecular formula is C33H37Cl2NO4. The molecule has 5 rings (SSSR count). The van der Waals surface area contributed by atoms with E-state index in [2.05, 4.69) is 32.6 Å². The van der Waals surface area contributed by atoms with Crippen LogP contribution in [-0.4, -0.2) is 30.1 Å². The average Bonchev–Trinajstić information content (AvgIpc) is 2.84. The van der Waals surface area contributed by atoms with Crippen LogP contribution in [0.5, 0.6) is 11.5 Å². The molecule has 2 aromatic rings. The maximum absolute atomic E-state index is 13.8. The molecule has 0 unspecified atom stereocenters. The van der Waals surface area contributed by atoms with Gasteiger partial charge in [-0.3, -0.25) is 9.59 Å². The summed E-state index contributed by atoms with van der Waals surface area (Å²) in [5.74, 6) is 0.562. The van der Waals surface area contributed by atoms with Crippen LogP contribution in [0.1, 0.15) is 77.3 Å². The van der Waals surface area contributed by atoms with Gasteiger partial charge in [0.25, 0.3) is 0 Å². The number of carbonyl (C=O) groups excluding carboxylic acids is 2. The molecular weight excluding hydrogens is 545 g/mol. The highest BCUT2D eigenvalue weighted by atomic mass is 35.5. The molecule has 2 aliphatic carbocycles. The third-order valence-electron chi connectivity index (χ3n) is 8.17. The van der Waals surface area contributed by atoms with Crippen molar-refractivity contribution in [1.82, 2.24) is 4.90 Å². The lowest BCUT2D eigenvalue weighted by Crippen LogP contribution is -2.43. The van der Waals surface area contributed by atoms with Crippen molar-refractivity contribution in [3.63, 3.8) is 0 Å². The predicted molar refractivity (Wildman–Crippen MR) is 159 cm³/mol. The molecule has 0 amide bonds. The lowest BCUT2D eigenvalue weighted by atomic mass is 9.63. The first-order chi connectivity index (χ1) is 18.8. The second-order valence-electron chi connectivity index (χ2n) is 12.7. The van der Waals surface area contributed by atoms with Crippen molar-refractivity contribution in [2.45, 2.75) is 72.8 Å². The zero-order chi connectivity index (χ0) is 29.0. The van der Waals surface area contributed by atoms with E-state index in [9.17, 15) is 9.59 Å². The molecule has 40 heavy (non-hydrogen) atoms. The van der Waals surface area contributed by atoms with Crippen LogP contribution in [-0.2, 0) is 16.2 Å². The van der Waals surface area contributed by atoms with Crippen LogP contribution in [0.15, 0.2) is 58.9 Å². The molecule has 0 spiro atoms. The molecule has 5 nitrogen and oxygen atoms in total. The summed E-state index contributed by atoms with van der Waals surface area (Å²) in [7, 11) is 2.01. The number of allylic oxidation sites excluding steroid dienone is 4. The molecule has 0 fully saturated rings. The largest absolute Gasteiger partial charge is 0.490 e. The summed E-state index contributed by atoms with van der Waals surface area (Å²) in [6, 6.07) is 11.2.